The van der Waals surface area contributed by atoms with Crippen LogP contribution in [0, 0.1) is 11.8 Å². The molecule has 0 N–H and O–H groups in total. The fourth-order valence-corrected chi connectivity index (χ4v) is 4.79. The number of rotatable bonds is 7. The zero-order valence-corrected chi connectivity index (χ0v) is 20.7. The molecule has 0 aromatic carbocycles. The lowest BCUT2D eigenvalue weighted by Crippen LogP contribution is -2.61. The molecule has 3 aliphatic rings. The zero-order chi connectivity index (χ0) is 25.2. The van der Waals surface area contributed by atoms with Crippen LogP contribution in [0.2, 0.25) is 0 Å². The first-order chi connectivity index (χ1) is 16.0. The van der Waals surface area contributed by atoms with Crippen LogP contribution >= 0.6 is 0 Å². The topological polar surface area (TPSA) is 128 Å². The van der Waals surface area contributed by atoms with Gasteiger partial charge in [-0.15, -0.1) is 0 Å². The highest BCUT2D eigenvalue weighted by molar-refractivity contribution is 5.75. The lowest BCUT2D eigenvalue weighted by Gasteiger charge is -2.47. The first-order valence-electron chi connectivity index (χ1n) is 11.7. The zero-order valence-electron chi connectivity index (χ0n) is 20.7. The third kappa shape index (κ3) is 5.87. The van der Waals surface area contributed by atoms with E-state index in [1.165, 1.54) is 20.8 Å². The molecule has 0 saturated carbocycles. The third-order valence-corrected chi connectivity index (χ3v) is 6.38. The molecule has 2 fully saturated rings. The number of carbonyl (C=O) groups is 3. The molecule has 3 heterocycles. The normalized spacial score (nSPS) is 39.3. The van der Waals surface area contributed by atoms with Crippen LogP contribution in [0.15, 0.2) is 4.99 Å². The van der Waals surface area contributed by atoms with E-state index in [9.17, 15) is 14.4 Å². The Morgan fingerprint density at radius 1 is 0.882 bits per heavy atom. The van der Waals surface area contributed by atoms with Crippen molar-refractivity contribution in [2.24, 2.45) is 16.8 Å². The van der Waals surface area contributed by atoms with Crippen LogP contribution in [0.3, 0.4) is 0 Å². The second-order valence-electron chi connectivity index (χ2n) is 9.02. The highest BCUT2D eigenvalue weighted by Gasteiger charge is 2.53. The van der Waals surface area contributed by atoms with Gasteiger partial charge in [0.15, 0.2) is 18.3 Å². The minimum atomic E-state index is -1.02. The van der Waals surface area contributed by atoms with Gasteiger partial charge in [-0.25, -0.2) is 4.99 Å². The minimum Gasteiger partial charge on any atom is -0.463 e. The Hall–Kier alpha value is -2.24. The molecule has 4 unspecified atom stereocenters. The van der Waals surface area contributed by atoms with Crippen molar-refractivity contribution in [1.82, 2.24) is 0 Å². The summed E-state index contributed by atoms with van der Waals surface area (Å²) in [5.41, 5.74) is 0. The maximum Gasteiger partial charge on any atom is 0.303 e. The van der Waals surface area contributed by atoms with Gasteiger partial charge >= 0.3 is 17.9 Å². The van der Waals surface area contributed by atoms with Gasteiger partial charge in [0.1, 0.15) is 24.9 Å². The molecule has 11 nitrogen and oxygen atoms in total. The summed E-state index contributed by atoms with van der Waals surface area (Å²) in [5, 5.41) is 0. The molecule has 34 heavy (non-hydrogen) atoms. The number of esters is 3. The van der Waals surface area contributed by atoms with Gasteiger partial charge in [-0.3, -0.25) is 14.4 Å². The smallest absolute Gasteiger partial charge is 0.303 e. The maximum atomic E-state index is 11.9. The highest BCUT2D eigenvalue weighted by atomic mass is 16.7. The summed E-state index contributed by atoms with van der Waals surface area (Å²) in [6.45, 7) is 11.2. The SMILES string of the molecule is CCC1O[C@@H]2OC(C)=NC2[C@@H](O[C@@H]2OC(COC(C)=O)[C@H](OC(C)=O)[C@H](C)C2OC(C)=O)[C@@H]1C. The number of hydrogen-bond donors (Lipinski definition) is 0. The quantitative estimate of drug-likeness (QED) is 0.388. The molecule has 0 spiro atoms. The van der Waals surface area contributed by atoms with Gasteiger partial charge in [0.25, 0.3) is 0 Å². The molecular weight excluding hydrogens is 450 g/mol. The molecule has 3 aliphatic heterocycles. The van der Waals surface area contributed by atoms with Gasteiger partial charge in [-0.05, 0) is 6.42 Å². The Morgan fingerprint density at radius 2 is 1.53 bits per heavy atom. The van der Waals surface area contributed by atoms with Crippen LogP contribution in [0.1, 0.15) is 54.9 Å². The van der Waals surface area contributed by atoms with Crippen molar-refractivity contribution < 1.29 is 47.5 Å². The van der Waals surface area contributed by atoms with E-state index in [-0.39, 0.29) is 18.6 Å². The van der Waals surface area contributed by atoms with Crippen LogP contribution in [0.4, 0.5) is 0 Å². The summed E-state index contributed by atoms with van der Waals surface area (Å²) in [4.78, 5) is 39.7. The predicted molar refractivity (Wildman–Crippen MR) is 117 cm³/mol. The summed E-state index contributed by atoms with van der Waals surface area (Å²) >= 11 is 0. The number of fused-ring (bicyclic) bond motifs is 1. The van der Waals surface area contributed by atoms with Crippen molar-refractivity contribution in [3.05, 3.63) is 0 Å². The number of ether oxygens (including phenoxy) is 7. The number of hydrogen-bond acceptors (Lipinski definition) is 11. The van der Waals surface area contributed by atoms with Gasteiger partial charge in [-0.1, -0.05) is 20.8 Å². The van der Waals surface area contributed by atoms with Gasteiger partial charge in [-0.2, -0.15) is 0 Å². The van der Waals surface area contributed by atoms with Crippen molar-refractivity contribution in [2.45, 2.75) is 104 Å². The van der Waals surface area contributed by atoms with Crippen molar-refractivity contribution >= 4 is 23.8 Å². The van der Waals surface area contributed by atoms with Crippen LogP contribution in [0.5, 0.6) is 0 Å². The monoisotopic (exact) mass is 485 g/mol. The molecule has 3 rings (SSSR count). The molecule has 0 bridgehead atoms. The van der Waals surface area contributed by atoms with Crippen molar-refractivity contribution in [3.63, 3.8) is 0 Å². The average Bonchev–Trinajstić information content (AvgIpc) is 3.12. The number of carbonyl (C=O) groups excluding carboxylic acids is 3. The van der Waals surface area contributed by atoms with E-state index in [1.54, 1.807) is 13.8 Å². The van der Waals surface area contributed by atoms with E-state index < -0.39 is 66.9 Å². The van der Waals surface area contributed by atoms with Crippen molar-refractivity contribution in [1.29, 1.82) is 0 Å². The average molecular weight is 486 g/mol. The molecule has 11 heteroatoms. The van der Waals surface area contributed by atoms with Crippen LogP contribution in [0.25, 0.3) is 0 Å². The second-order valence-corrected chi connectivity index (χ2v) is 9.02. The Labute approximate surface area is 199 Å². The van der Waals surface area contributed by atoms with Crippen LogP contribution in [-0.4, -0.2) is 79.6 Å². The van der Waals surface area contributed by atoms with E-state index in [1.807, 2.05) is 13.8 Å². The second kappa shape index (κ2) is 11.0. The van der Waals surface area contributed by atoms with E-state index in [4.69, 9.17) is 33.2 Å². The first-order valence-corrected chi connectivity index (χ1v) is 11.7. The third-order valence-electron chi connectivity index (χ3n) is 6.38. The van der Waals surface area contributed by atoms with Crippen LogP contribution < -0.4 is 0 Å². The Morgan fingerprint density at radius 3 is 2.12 bits per heavy atom. The van der Waals surface area contributed by atoms with Gasteiger partial charge in [0, 0.05) is 39.5 Å². The van der Waals surface area contributed by atoms with Gasteiger partial charge < -0.3 is 33.2 Å². The molecule has 192 valence electrons. The molecule has 0 aromatic heterocycles. The summed E-state index contributed by atoms with van der Waals surface area (Å²) in [6.07, 6.45) is -3.97. The predicted octanol–water partition coefficient (Wildman–Crippen LogP) is 1.75. The van der Waals surface area contributed by atoms with Gasteiger partial charge in [0.2, 0.25) is 6.29 Å². The Balaban J connectivity index is 1.89. The molecule has 0 radical (unpaired) electrons. The molecular formula is C23H35NO10. The van der Waals surface area contributed by atoms with E-state index in [2.05, 4.69) is 4.99 Å². The lowest BCUT2D eigenvalue weighted by atomic mass is 9.87. The summed E-state index contributed by atoms with van der Waals surface area (Å²) in [7, 11) is 0. The largest absolute Gasteiger partial charge is 0.463 e. The van der Waals surface area contributed by atoms with Crippen molar-refractivity contribution in [3.8, 4) is 0 Å². The fraction of sp³-hybridized carbons (Fsp3) is 0.826. The number of aliphatic imine (C=N–C) groups is 1. The first kappa shape index (κ1) is 26.4. The minimum absolute atomic E-state index is 0.0699. The fourth-order valence-electron chi connectivity index (χ4n) is 4.79. The van der Waals surface area contributed by atoms with Crippen LogP contribution in [-0.2, 0) is 47.5 Å². The van der Waals surface area contributed by atoms with E-state index in [0.717, 1.165) is 6.42 Å². The maximum absolute atomic E-state index is 11.9. The lowest BCUT2D eigenvalue weighted by molar-refractivity contribution is -0.324. The van der Waals surface area contributed by atoms with E-state index in [0.29, 0.717) is 5.90 Å². The Kier molecular flexibility index (Phi) is 8.53. The molecule has 2 saturated heterocycles. The summed E-state index contributed by atoms with van der Waals surface area (Å²) in [6, 6.07) is -0.423. The summed E-state index contributed by atoms with van der Waals surface area (Å²) < 4.78 is 40.6. The highest BCUT2D eigenvalue weighted by Crippen LogP contribution is 2.39. The van der Waals surface area contributed by atoms with E-state index >= 15 is 0 Å². The number of nitrogens with zero attached hydrogens (tertiary/aromatic N) is 1. The molecule has 0 aromatic rings. The molecule has 0 aliphatic carbocycles. The molecule has 10 atom stereocenters. The standard InChI is InChI=1S/C23H35NO10/c1-8-16-10(2)20(18-22(32-16)29-12(4)24-18)34-23-21(31-15(7)27)11(3)19(30-14(6)26)17(33-23)9-28-13(5)25/h10-11,16-23H,8-9H2,1-7H3/t10-,11+,16?,17?,18?,19-,20+,21?,22+,23+/m1/s1. The Bertz CT molecular complexity index is 799. The van der Waals surface area contributed by atoms with Gasteiger partial charge in [0.05, 0.1) is 12.2 Å². The summed E-state index contributed by atoms with van der Waals surface area (Å²) in [5.74, 6) is -1.64. The molecule has 0 amide bonds. The van der Waals surface area contributed by atoms with Crippen molar-refractivity contribution in [2.75, 3.05) is 6.61 Å².